The number of nitrogens with zero attached hydrogens (tertiary/aromatic N) is 2. The molecule has 0 unspecified atom stereocenters. The van der Waals surface area contributed by atoms with Crippen LogP contribution in [0.5, 0.6) is 0 Å². The van der Waals surface area contributed by atoms with Crippen molar-refractivity contribution in [2.75, 3.05) is 23.8 Å². The molecule has 0 saturated heterocycles. The van der Waals surface area contributed by atoms with Crippen molar-refractivity contribution in [1.29, 1.82) is 0 Å². The monoisotopic (exact) mass is 280 g/mol. The van der Waals surface area contributed by atoms with Gasteiger partial charge in [0.2, 0.25) is 5.91 Å². The van der Waals surface area contributed by atoms with E-state index in [-0.39, 0.29) is 30.4 Å². The topological polar surface area (TPSA) is 112 Å². The molecule has 7 heteroatoms. The van der Waals surface area contributed by atoms with Gasteiger partial charge in [-0.05, 0) is 26.8 Å². The van der Waals surface area contributed by atoms with Gasteiger partial charge in [0.25, 0.3) is 0 Å². The molecule has 1 aromatic rings. The van der Waals surface area contributed by atoms with E-state index in [2.05, 4.69) is 4.98 Å². The first-order valence-electron chi connectivity index (χ1n) is 6.35. The number of carbonyl (C=O) groups is 2. The fourth-order valence-corrected chi connectivity index (χ4v) is 1.75. The van der Waals surface area contributed by atoms with Crippen molar-refractivity contribution >= 4 is 23.4 Å². The Labute approximate surface area is 117 Å². The molecule has 0 spiro atoms. The average molecular weight is 280 g/mol. The van der Waals surface area contributed by atoms with Gasteiger partial charge in [0.05, 0.1) is 24.4 Å². The van der Waals surface area contributed by atoms with Gasteiger partial charge in [-0.3, -0.25) is 4.79 Å². The molecule has 1 heterocycles. The number of hydrogen-bond donors (Lipinski definition) is 2. The number of carbonyl (C=O) groups excluding carboxylic acids is 2. The maximum Gasteiger partial charge on any atom is 0.340 e. The van der Waals surface area contributed by atoms with Gasteiger partial charge in [0.1, 0.15) is 0 Å². The SMILES string of the molecule is CCOC(=O)c1ccnc(N(CC(N)=O)C(C)C)c1N. The first-order valence-corrected chi connectivity index (χ1v) is 6.35. The predicted molar refractivity (Wildman–Crippen MR) is 76.3 cm³/mol. The van der Waals surface area contributed by atoms with Gasteiger partial charge < -0.3 is 21.1 Å². The van der Waals surface area contributed by atoms with Gasteiger partial charge in [0, 0.05) is 12.2 Å². The highest BCUT2D eigenvalue weighted by atomic mass is 16.5. The number of pyridine rings is 1. The van der Waals surface area contributed by atoms with E-state index in [9.17, 15) is 9.59 Å². The van der Waals surface area contributed by atoms with Crippen LogP contribution in [0.2, 0.25) is 0 Å². The van der Waals surface area contributed by atoms with E-state index < -0.39 is 11.9 Å². The molecule has 1 aromatic heterocycles. The van der Waals surface area contributed by atoms with E-state index in [0.717, 1.165) is 0 Å². The van der Waals surface area contributed by atoms with Gasteiger partial charge in [-0.2, -0.15) is 0 Å². The van der Waals surface area contributed by atoms with Crippen LogP contribution in [0.15, 0.2) is 12.3 Å². The van der Waals surface area contributed by atoms with Gasteiger partial charge in [0.15, 0.2) is 5.82 Å². The normalized spacial score (nSPS) is 10.4. The average Bonchev–Trinajstić information content (AvgIpc) is 2.36. The highest BCUT2D eigenvalue weighted by Gasteiger charge is 2.21. The zero-order valence-electron chi connectivity index (χ0n) is 11.9. The number of primary amides is 1. The van der Waals surface area contributed by atoms with E-state index in [4.69, 9.17) is 16.2 Å². The smallest absolute Gasteiger partial charge is 0.340 e. The molecule has 0 saturated carbocycles. The lowest BCUT2D eigenvalue weighted by atomic mass is 10.2. The summed E-state index contributed by atoms with van der Waals surface area (Å²) in [5.41, 5.74) is 11.6. The number of amides is 1. The lowest BCUT2D eigenvalue weighted by Gasteiger charge is -2.27. The molecule has 0 atom stereocenters. The molecular weight excluding hydrogens is 260 g/mol. The number of esters is 1. The molecule has 20 heavy (non-hydrogen) atoms. The molecular formula is C13H20N4O3. The number of anilines is 2. The highest BCUT2D eigenvalue weighted by molar-refractivity contribution is 5.98. The molecule has 1 amide bonds. The third-order valence-corrected chi connectivity index (χ3v) is 2.69. The van der Waals surface area contributed by atoms with Crippen molar-refractivity contribution in [3.63, 3.8) is 0 Å². The van der Waals surface area contributed by atoms with Gasteiger partial charge in [-0.15, -0.1) is 0 Å². The van der Waals surface area contributed by atoms with Crippen molar-refractivity contribution in [1.82, 2.24) is 4.98 Å². The lowest BCUT2D eigenvalue weighted by Crippen LogP contribution is -2.39. The number of aromatic nitrogens is 1. The van der Waals surface area contributed by atoms with Crippen LogP contribution in [0.4, 0.5) is 11.5 Å². The summed E-state index contributed by atoms with van der Waals surface area (Å²) in [6.07, 6.45) is 1.45. The first-order chi connectivity index (χ1) is 9.38. The second kappa shape index (κ2) is 6.74. The van der Waals surface area contributed by atoms with E-state index in [1.54, 1.807) is 11.8 Å². The summed E-state index contributed by atoms with van der Waals surface area (Å²) in [5, 5.41) is 0. The number of nitrogens with two attached hydrogens (primary N) is 2. The summed E-state index contributed by atoms with van der Waals surface area (Å²) in [7, 11) is 0. The summed E-state index contributed by atoms with van der Waals surface area (Å²) < 4.78 is 4.93. The Morgan fingerprint density at radius 1 is 1.45 bits per heavy atom. The Hall–Kier alpha value is -2.31. The summed E-state index contributed by atoms with van der Waals surface area (Å²) in [6, 6.07) is 1.44. The summed E-state index contributed by atoms with van der Waals surface area (Å²) in [5.74, 6) is -0.665. The number of ether oxygens (including phenoxy) is 1. The zero-order chi connectivity index (χ0) is 15.3. The first kappa shape index (κ1) is 15.7. The Bertz CT molecular complexity index is 502. The van der Waals surface area contributed by atoms with Crippen LogP contribution < -0.4 is 16.4 Å². The molecule has 0 aliphatic carbocycles. The third kappa shape index (κ3) is 3.59. The fourth-order valence-electron chi connectivity index (χ4n) is 1.75. The molecule has 1 rings (SSSR count). The van der Waals surface area contributed by atoms with E-state index in [1.165, 1.54) is 12.3 Å². The Morgan fingerprint density at radius 2 is 2.10 bits per heavy atom. The Balaban J connectivity index is 3.20. The standard InChI is InChI=1S/C13H20N4O3/c1-4-20-13(19)9-5-6-16-12(11(9)15)17(8(2)3)7-10(14)18/h5-6,8H,4,7,15H2,1-3H3,(H2,14,18). The van der Waals surface area contributed by atoms with Gasteiger partial charge in [-0.1, -0.05) is 0 Å². The number of rotatable bonds is 6. The quantitative estimate of drug-likeness (QED) is 0.736. The molecule has 0 fully saturated rings. The molecule has 4 N–H and O–H groups in total. The van der Waals surface area contributed by atoms with E-state index in [0.29, 0.717) is 5.82 Å². The van der Waals surface area contributed by atoms with E-state index in [1.807, 2.05) is 13.8 Å². The minimum atomic E-state index is -0.517. The van der Waals surface area contributed by atoms with Crippen molar-refractivity contribution < 1.29 is 14.3 Å². The Kier molecular flexibility index (Phi) is 5.31. The maximum absolute atomic E-state index is 11.8. The van der Waals surface area contributed by atoms with Crippen LogP contribution in [-0.4, -0.2) is 36.1 Å². The van der Waals surface area contributed by atoms with Crippen LogP contribution in [0.1, 0.15) is 31.1 Å². The predicted octanol–water partition coefficient (Wildman–Crippen LogP) is 0.541. The maximum atomic E-state index is 11.8. The van der Waals surface area contributed by atoms with Gasteiger partial charge in [-0.25, -0.2) is 9.78 Å². The zero-order valence-corrected chi connectivity index (χ0v) is 11.9. The second-order valence-corrected chi connectivity index (χ2v) is 4.50. The highest BCUT2D eigenvalue weighted by Crippen LogP contribution is 2.26. The minimum Gasteiger partial charge on any atom is -0.462 e. The summed E-state index contributed by atoms with van der Waals surface area (Å²) in [6.45, 7) is 5.69. The summed E-state index contributed by atoms with van der Waals surface area (Å²) in [4.78, 5) is 28.7. The van der Waals surface area contributed by atoms with Crippen molar-refractivity contribution in [3.05, 3.63) is 17.8 Å². The molecule has 0 aliphatic rings. The molecule has 0 aliphatic heterocycles. The van der Waals surface area contributed by atoms with Crippen LogP contribution in [0, 0.1) is 0 Å². The Morgan fingerprint density at radius 3 is 2.60 bits per heavy atom. The number of hydrogen-bond acceptors (Lipinski definition) is 6. The van der Waals surface area contributed by atoms with E-state index >= 15 is 0 Å². The van der Waals surface area contributed by atoms with Crippen LogP contribution >= 0.6 is 0 Å². The van der Waals surface area contributed by atoms with Crippen LogP contribution in [-0.2, 0) is 9.53 Å². The molecule has 0 aromatic carbocycles. The van der Waals surface area contributed by atoms with Gasteiger partial charge >= 0.3 is 5.97 Å². The van der Waals surface area contributed by atoms with Crippen LogP contribution in [0.25, 0.3) is 0 Å². The largest absolute Gasteiger partial charge is 0.462 e. The minimum absolute atomic E-state index is 0.0266. The molecule has 110 valence electrons. The van der Waals surface area contributed by atoms with Crippen molar-refractivity contribution in [2.24, 2.45) is 5.73 Å². The third-order valence-electron chi connectivity index (χ3n) is 2.69. The van der Waals surface area contributed by atoms with Crippen LogP contribution in [0.3, 0.4) is 0 Å². The lowest BCUT2D eigenvalue weighted by molar-refractivity contribution is -0.116. The number of nitrogen functional groups attached to an aromatic ring is 1. The fraction of sp³-hybridized carbons (Fsp3) is 0.462. The molecule has 7 nitrogen and oxygen atoms in total. The molecule has 0 radical (unpaired) electrons. The van der Waals surface area contributed by atoms with Crippen molar-refractivity contribution in [2.45, 2.75) is 26.8 Å². The summed E-state index contributed by atoms with van der Waals surface area (Å²) >= 11 is 0. The molecule has 0 bridgehead atoms. The van der Waals surface area contributed by atoms with Crippen molar-refractivity contribution in [3.8, 4) is 0 Å². The second-order valence-electron chi connectivity index (χ2n) is 4.50.